The predicted molar refractivity (Wildman–Crippen MR) is 224 cm³/mol. The summed E-state index contributed by atoms with van der Waals surface area (Å²) in [5.74, 6) is -2.73. The van der Waals surface area contributed by atoms with Crippen LogP contribution in [0.25, 0.3) is 0 Å². The molecule has 0 aromatic heterocycles. The molecule has 71 heavy (non-hydrogen) atoms. The van der Waals surface area contributed by atoms with Gasteiger partial charge in [0.2, 0.25) is 0 Å². The van der Waals surface area contributed by atoms with E-state index in [1.54, 1.807) is 13.8 Å². The Hall–Kier alpha value is -1.16. The van der Waals surface area contributed by atoms with E-state index in [1.807, 2.05) is 0 Å². The van der Waals surface area contributed by atoms with Crippen molar-refractivity contribution >= 4 is 0 Å². The predicted octanol–water partition coefficient (Wildman–Crippen LogP) is -9.87. The van der Waals surface area contributed by atoms with E-state index in [-0.39, 0.29) is 6.42 Å². The van der Waals surface area contributed by atoms with Crippen molar-refractivity contribution in [3.63, 3.8) is 0 Å². The maximum Gasteiger partial charge on any atom is 0.187 e. The largest absolute Gasteiger partial charge is 0.394 e. The Morgan fingerprint density at radius 3 is 1.00 bits per heavy atom. The number of aliphatic hydroxyl groups excluding tert-OH is 17. The summed E-state index contributed by atoms with van der Waals surface area (Å²) in [4.78, 5) is 0. The first kappa shape index (κ1) is 59.1. The van der Waals surface area contributed by atoms with Crippen molar-refractivity contribution in [3.05, 3.63) is 0 Å². The molecule has 6 fully saturated rings. The minimum atomic E-state index is -2.07. The molecule has 0 saturated carbocycles. The molecule has 0 aromatic rings. The fourth-order valence-electron chi connectivity index (χ4n) is 10.0. The average molecular weight is 1040 g/mol. The van der Waals surface area contributed by atoms with Gasteiger partial charge in [0.1, 0.15) is 91.6 Å². The van der Waals surface area contributed by atoms with E-state index < -0.39 is 230 Å². The lowest BCUT2D eigenvalue weighted by atomic mass is 9.87. The number of ether oxygens (including phenoxy) is 12. The van der Waals surface area contributed by atoms with E-state index in [0.29, 0.717) is 6.42 Å². The molecule has 0 radical (unpaired) electrons. The molecule has 29 heteroatoms. The summed E-state index contributed by atoms with van der Waals surface area (Å²) in [5.41, 5.74) is 0. The minimum absolute atomic E-state index is 0.269. The van der Waals surface area contributed by atoms with Gasteiger partial charge in [-0.1, -0.05) is 13.8 Å². The molecule has 17 N–H and O–H groups in total. The second kappa shape index (κ2) is 26.3. The summed E-state index contributed by atoms with van der Waals surface area (Å²) < 4.78 is 68.3. The van der Waals surface area contributed by atoms with Crippen molar-refractivity contribution in [2.75, 3.05) is 53.4 Å². The molecule has 30 atom stereocenters. The molecule has 416 valence electrons. The Balaban J connectivity index is 1.13. The summed E-state index contributed by atoms with van der Waals surface area (Å²) in [7, 11) is 1.17. The normalized spacial score (nSPS) is 51.0. The number of aliphatic hydroxyl groups is 17. The highest BCUT2D eigenvalue weighted by Gasteiger charge is 2.56. The van der Waals surface area contributed by atoms with Crippen LogP contribution in [0.5, 0.6) is 0 Å². The Bertz CT molecular complexity index is 1570. The van der Waals surface area contributed by atoms with Crippen LogP contribution in [0.3, 0.4) is 0 Å². The van der Waals surface area contributed by atoms with E-state index >= 15 is 0 Å². The van der Waals surface area contributed by atoms with E-state index in [1.165, 1.54) is 7.11 Å². The molecular formula is C42H74O29. The number of rotatable bonds is 20. The van der Waals surface area contributed by atoms with Crippen LogP contribution in [0.15, 0.2) is 0 Å². The topological polar surface area (TPSA) is 455 Å². The highest BCUT2D eigenvalue weighted by atomic mass is 16.8. The van der Waals surface area contributed by atoms with Crippen LogP contribution in [-0.2, 0) is 56.8 Å². The van der Waals surface area contributed by atoms with Crippen LogP contribution in [0, 0.1) is 17.8 Å². The van der Waals surface area contributed by atoms with Gasteiger partial charge in [-0.2, -0.15) is 0 Å². The van der Waals surface area contributed by atoms with E-state index in [0.717, 1.165) is 0 Å². The maximum atomic E-state index is 11.5. The Kier molecular flexibility index (Phi) is 21.9. The summed E-state index contributed by atoms with van der Waals surface area (Å²) in [6, 6.07) is 0. The zero-order valence-electron chi connectivity index (χ0n) is 39.2. The van der Waals surface area contributed by atoms with Gasteiger partial charge < -0.3 is 144 Å². The quantitative estimate of drug-likeness (QED) is 0.0538. The lowest BCUT2D eigenvalue weighted by molar-refractivity contribution is -0.383. The third-order valence-corrected chi connectivity index (χ3v) is 14.3. The molecule has 6 aliphatic rings. The number of hydrogen-bond acceptors (Lipinski definition) is 29. The summed E-state index contributed by atoms with van der Waals surface area (Å²) in [6.07, 6.45) is -44.3. The van der Waals surface area contributed by atoms with Gasteiger partial charge in [0.15, 0.2) is 37.7 Å². The van der Waals surface area contributed by atoms with Gasteiger partial charge in [0.25, 0.3) is 0 Å². The van der Waals surface area contributed by atoms with Gasteiger partial charge in [-0.25, -0.2) is 0 Å². The van der Waals surface area contributed by atoms with Crippen LogP contribution < -0.4 is 0 Å². The highest BCUT2D eigenvalue weighted by molar-refractivity contribution is 4.98. The first-order chi connectivity index (χ1) is 33.8. The van der Waals surface area contributed by atoms with E-state index in [9.17, 15) is 86.8 Å². The molecule has 0 aliphatic carbocycles. The van der Waals surface area contributed by atoms with Gasteiger partial charge in [0, 0.05) is 24.9 Å². The van der Waals surface area contributed by atoms with Crippen molar-refractivity contribution in [1.29, 1.82) is 0 Å². The fraction of sp³-hybridized carbons (Fsp3) is 1.00. The Morgan fingerprint density at radius 2 is 0.592 bits per heavy atom. The first-order valence-electron chi connectivity index (χ1n) is 23.7. The molecule has 0 amide bonds. The highest BCUT2D eigenvalue weighted by Crippen LogP contribution is 2.37. The van der Waals surface area contributed by atoms with Crippen molar-refractivity contribution in [2.45, 2.75) is 193 Å². The van der Waals surface area contributed by atoms with Crippen molar-refractivity contribution < 1.29 is 144 Å². The van der Waals surface area contributed by atoms with E-state index in [4.69, 9.17) is 56.8 Å². The standard InChI is InChI=1S/C42H74O29/c1-4-13-16(6-43)64-40(29(55)22(13)48)69-35-20(10-47)67-39(32(58)26(35)52)61-11-15-18(8-45)63-38(28(54)24(15)50)62-12-21-36(71-41-30(56)23(49)14(5-2)17(7-44)65-41)27(53)33(59)42(68-21)70-34-19(9-46)66-37(60-3)31(57)25(34)51/h13-59H,4-12H2,1-3H3/t13-,14-,15-,16?,17?,18?,19?,20?,21?,22-,23-,24-,25+,26+,27+,28?,29?,30?,31?,32?,33?,34-,35-,36-,37+,38+,39+,40-,41-,42-/m0/s1. The molecule has 0 aromatic carbocycles. The number of methoxy groups -OCH3 is 1. The monoisotopic (exact) mass is 1040 g/mol. The lowest BCUT2D eigenvalue weighted by Crippen LogP contribution is -2.66. The second-order valence-corrected chi connectivity index (χ2v) is 18.6. The van der Waals surface area contributed by atoms with Gasteiger partial charge in [-0.3, -0.25) is 0 Å². The Labute approximate surface area is 407 Å². The molecule has 12 unspecified atom stereocenters. The maximum absolute atomic E-state index is 11.5. The third kappa shape index (κ3) is 12.5. The molecular weight excluding hydrogens is 968 g/mol. The SMILES string of the molecule is CC[C@H]1C(CO)O[C@@H](O[C@H]2C(CO)O[C@@H](OC[C@H]3C(CO)O[C@@H](OCC4O[C@@H](O[C@H]5C(CO)O[C@@H](OC)C(O)[C@H]5O)C(O)[C@@H](O)[C@H]4O[C@@H]4OC(CO)[C@H](CC)[C@H](O)C4O)C(O)[C@H]3O)C(O)[C@H]2O)C(O)[C@H]1O. The third-order valence-electron chi connectivity index (χ3n) is 14.3. The first-order valence-corrected chi connectivity index (χ1v) is 23.7. The second-order valence-electron chi connectivity index (χ2n) is 18.6. The van der Waals surface area contributed by atoms with Crippen LogP contribution in [-0.4, -0.2) is 306 Å². The average Bonchev–Trinajstić information content (AvgIpc) is 3.37. The van der Waals surface area contributed by atoms with Gasteiger partial charge >= 0.3 is 0 Å². The van der Waals surface area contributed by atoms with Crippen LogP contribution >= 0.6 is 0 Å². The molecule has 6 saturated heterocycles. The zero-order chi connectivity index (χ0) is 52.2. The molecule has 6 rings (SSSR count). The summed E-state index contributed by atoms with van der Waals surface area (Å²) >= 11 is 0. The smallest absolute Gasteiger partial charge is 0.187 e. The minimum Gasteiger partial charge on any atom is -0.394 e. The molecule has 6 aliphatic heterocycles. The Morgan fingerprint density at radius 1 is 0.310 bits per heavy atom. The molecule has 0 bridgehead atoms. The fourth-order valence-corrected chi connectivity index (χ4v) is 10.0. The number of hydrogen-bond donors (Lipinski definition) is 17. The van der Waals surface area contributed by atoms with Crippen LogP contribution in [0.2, 0.25) is 0 Å². The van der Waals surface area contributed by atoms with Crippen molar-refractivity contribution in [3.8, 4) is 0 Å². The molecule has 29 nitrogen and oxygen atoms in total. The molecule has 6 heterocycles. The summed E-state index contributed by atoms with van der Waals surface area (Å²) in [5, 5.41) is 183. The van der Waals surface area contributed by atoms with Crippen LogP contribution in [0.1, 0.15) is 26.7 Å². The van der Waals surface area contributed by atoms with Crippen molar-refractivity contribution in [2.24, 2.45) is 17.8 Å². The van der Waals surface area contributed by atoms with Gasteiger partial charge in [-0.15, -0.1) is 0 Å². The lowest BCUT2D eigenvalue weighted by Gasteiger charge is -2.49. The summed E-state index contributed by atoms with van der Waals surface area (Å²) in [6.45, 7) is -1.71. The van der Waals surface area contributed by atoms with E-state index in [2.05, 4.69) is 0 Å². The zero-order valence-corrected chi connectivity index (χ0v) is 39.2. The van der Waals surface area contributed by atoms with Crippen LogP contribution in [0.4, 0.5) is 0 Å². The van der Waals surface area contributed by atoms with Gasteiger partial charge in [0.05, 0.1) is 82.9 Å². The van der Waals surface area contributed by atoms with Gasteiger partial charge in [-0.05, 0) is 12.8 Å². The molecule has 0 spiro atoms. The van der Waals surface area contributed by atoms with Crippen molar-refractivity contribution in [1.82, 2.24) is 0 Å².